The molecular weight excluding hydrogens is 381 g/mol. The van der Waals surface area contributed by atoms with E-state index in [0.717, 1.165) is 24.3 Å². The maximum Gasteiger partial charge on any atom is 0.250 e. The highest BCUT2D eigenvalue weighted by Crippen LogP contribution is 2.43. The van der Waals surface area contributed by atoms with Crippen molar-refractivity contribution in [3.63, 3.8) is 0 Å². The number of benzene rings is 1. The van der Waals surface area contributed by atoms with Crippen LogP contribution in [0.25, 0.3) is 0 Å². The molecule has 150 valence electrons. The fourth-order valence-corrected chi connectivity index (χ4v) is 4.56. The average Bonchev–Trinajstić information content (AvgIpc) is 3.22. The van der Waals surface area contributed by atoms with E-state index in [-0.39, 0.29) is 42.2 Å². The maximum absolute atomic E-state index is 13.8. The lowest BCUT2D eigenvalue weighted by molar-refractivity contribution is -0.132. The summed E-state index contributed by atoms with van der Waals surface area (Å²) in [6.07, 6.45) is 0.267. The molecular formula is C21H25ClFN3O2. The Morgan fingerprint density at radius 3 is 2.75 bits per heavy atom. The summed E-state index contributed by atoms with van der Waals surface area (Å²) in [7, 11) is 0. The second-order valence-corrected chi connectivity index (χ2v) is 7.54. The van der Waals surface area contributed by atoms with E-state index in [2.05, 4.69) is 5.32 Å². The van der Waals surface area contributed by atoms with Gasteiger partial charge in [0.2, 0.25) is 5.91 Å². The van der Waals surface area contributed by atoms with Gasteiger partial charge in [0.1, 0.15) is 5.82 Å². The number of pyridine rings is 1. The zero-order valence-electron chi connectivity index (χ0n) is 15.8. The highest BCUT2D eigenvalue weighted by atomic mass is 35.5. The van der Waals surface area contributed by atoms with Gasteiger partial charge in [-0.15, -0.1) is 12.4 Å². The lowest BCUT2D eigenvalue weighted by atomic mass is 9.89. The SMILES string of the molecule is Cc1cccc(=O)n1CCC(=O)N1C[C@@H]2CNC[C@@H]2[C@@H]1c1cccc(F)c1.Cl. The predicted molar refractivity (Wildman–Crippen MR) is 108 cm³/mol. The van der Waals surface area contributed by atoms with E-state index in [1.807, 2.05) is 24.0 Å². The smallest absolute Gasteiger partial charge is 0.250 e. The molecule has 0 saturated carbocycles. The number of nitrogens with zero attached hydrogens (tertiary/aromatic N) is 2. The van der Waals surface area contributed by atoms with Gasteiger partial charge >= 0.3 is 0 Å². The van der Waals surface area contributed by atoms with Gasteiger partial charge in [-0.25, -0.2) is 4.39 Å². The van der Waals surface area contributed by atoms with Gasteiger partial charge in [-0.1, -0.05) is 18.2 Å². The molecule has 2 aliphatic heterocycles. The summed E-state index contributed by atoms with van der Waals surface area (Å²) in [5.74, 6) is 0.440. The van der Waals surface area contributed by atoms with Crippen molar-refractivity contribution in [2.75, 3.05) is 19.6 Å². The van der Waals surface area contributed by atoms with Gasteiger partial charge < -0.3 is 14.8 Å². The topological polar surface area (TPSA) is 54.3 Å². The number of hydrogen-bond acceptors (Lipinski definition) is 3. The zero-order valence-corrected chi connectivity index (χ0v) is 16.6. The molecule has 4 rings (SSSR count). The molecule has 0 aliphatic carbocycles. The van der Waals surface area contributed by atoms with Crippen LogP contribution in [0.3, 0.4) is 0 Å². The number of carbonyl (C=O) groups is 1. The van der Waals surface area contributed by atoms with Crippen LogP contribution in [0.4, 0.5) is 4.39 Å². The molecule has 2 aliphatic rings. The van der Waals surface area contributed by atoms with E-state index in [0.29, 0.717) is 24.9 Å². The van der Waals surface area contributed by atoms with Crippen molar-refractivity contribution in [2.24, 2.45) is 11.8 Å². The van der Waals surface area contributed by atoms with Gasteiger partial charge in [-0.05, 0) is 36.6 Å². The summed E-state index contributed by atoms with van der Waals surface area (Å²) in [6, 6.07) is 11.6. The normalized spacial score (nSPS) is 23.4. The van der Waals surface area contributed by atoms with Crippen LogP contribution in [0.2, 0.25) is 0 Å². The fraction of sp³-hybridized carbons (Fsp3) is 0.429. The first kappa shape index (κ1) is 20.6. The molecule has 2 saturated heterocycles. The van der Waals surface area contributed by atoms with Crippen LogP contribution in [0.1, 0.15) is 23.7 Å². The zero-order chi connectivity index (χ0) is 19.0. The molecule has 1 aromatic heterocycles. The Morgan fingerprint density at radius 2 is 2.00 bits per heavy atom. The van der Waals surface area contributed by atoms with Crippen molar-refractivity contribution in [1.82, 2.24) is 14.8 Å². The van der Waals surface area contributed by atoms with Gasteiger partial charge in [0.15, 0.2) is 0 Å². The van der Waals surface area contributed by atoms with Gasteiger partial charge in [0, 0.05) is 50.3 Å². The van der Waals surface area contributed by atoms with Crippen LogP contribution in [-0.2, 0) is 11.3 Å². The third-order valence-corrected chi connectivity index (χ3v) is 5.89. The average molecular weight is 406 g/mol. The number of amides is 1. The molecule has 0 bridgehead atoms. The number of fused-ring (bicyclic) bond motifs is 1. The molecule has 0 unspecified atom stereocenters. The summed E-state index contributed by atoms with van der Waals surface area (Å²) < 4.78 is 15.4. The highest BCUT2D eigenvalue weighted by Gasteiger charge is 2.46. The van der Waals surface area contributed by atoms with Crippen molar-refractivity contribution in [2.45, 2.75) is 25.9 Å². The lowest BCUT2D eigenvalue weighted by Gasteiger charge is -2.28. The summed E-state index contributed by atoms with van der Waals surface area (Å²) in [4.78, 5) is 27.0. The van der Waals surface area contributed by atoms with Crippen molar-refractivity contribution < 1.29 is 9.18 Å². The molecule has 0 spiro atoms. The van der Waals surface area contributed by atoms with Crippen molar-refractivity contribution >= 4 is 18.3 Å². The van der Waals surface area contributed by atoms with Crippen LogP contribution in [0.15, 0.2) is 47.3 Å². The number of halogens is 2. The Kier molecular flexibility index (Phi) is 6.20. The van der Waals surface area contributed by atoms with Crippen molar-refractivity contribution in [1.29, 1.82) is 0 Å². The molecule has 2 aromatic rings. The Morgan fingerprint density at radius 1 is 1.21 bits per heavy atom. The number of likely N-dealkylation sites (tertiary alicyclic amines) is 1. The van der Waals surface area contributed by atoms with Gasteiger partial charge in [0.05, 0.1) is 6.04 Å². The number of carbonyl (C=O) groups excluding carboxylic acids is 1. The summed E-state index contributed by atoms with van der Waals surface area (Å²) in [5.41, 5.74) is 1.61. The van der Waals surface area contributed by atoms with Crippen LogP contribution in [-0.4, -0.2) is 35.0 Å². The first-order chi connectivity index (χ1) is 13.0. The molecule has 7 heteroatoms. The second-order valence-electron chi connectivity index (χ2n) is 7.54. The Hall–Kier alpha value is -2.18. The van der Waals surface area contributed by atoms with E-state index in [1.54, 1.807) is 16.7 Å². The third-order valence-electron chi connectivity index (χ3n) is 5.89. The Bertz CT molecular complexity index is 917. The summed E-state index contributed by atoms with van der Waals surface area (Å²) in [6.45, 7) is 4.64. The largest absolute Gasteiger partial charge is 0.335 e. The summed E-state index contributed by atoms with van der Waals surface area (Å²) in [5, 5.41) is 3.39. The van der Waals surface area contributed by atoms with Crippen LogP contribution in [0.5, 0.6) is 0 Å². The van der Waals surface area contributed by atoms with Crippen LogP contribution < -0.4 is 10.9 Å². The Balaban J connectivity index is 0.00000225. The molecule has 3 atom stereocenters. The van der Waals surface area contributed by atoms with Gasteiger partial charge in [-0.3, -0.25) is 9.59 Å². The summed E-state index contributed by atoms with van der Waals surface area (Å²) >= 11 is 0. The van der Waals surface area contributed by atoms with E-state index in [9.17, 15) is 14.0 Å². The van der Waals surface area contributed by atoms with Crippen molar-refractivity contribution in [3.05, 3.63) is 69.9 Å². The molecule has 28 heavy (non-hydrogen) atoms. The number of hydrogen-bond donors (Lipinski definition) is 1. The molecule has 5 nitrogen and oxygen atoms in total. The first-order valence-corrected chi connectivity index (χ1v) is 9.46. The highest BCUT2D eigenvalue weighted by molar-refractivity contribution is 5.85. The minimum absolute atomic E-state index is 0. The van der Waals surface area contributed by atoms with E-state index >= 15 is 0 Å². The maximum atomic E-state index is 13.8. The second kappa shape index (κ2) is 8.45. The molecule has 1 amide bonds. The standard InChI is InChI=1S/C21H24FN3O2.ClH/c1-14-4-2-7-19(26)24(14)9-8-20(27)25-13-16-11-23-12-18(16)21(25)15-5-3-6-17(22)10-15;/h2-7,10,16,18,21,23H,8-9,11-13H2,1H3;1H/t16-,18-,21-;/m0./s1. The number of nitrogens with one attached hydrogen (secondary N) is 1. The van der Waals surface area contributed by atoms with Crippen molar-refractivity contribution in [3.8, 4) is 0 Å². The van der Waals surface area contributed by atoms with E-state index in [4.69, 9.17) is 0 Å². The van der Waals surface area contributed by atoms with Gasteiger partial charge in [0.25, 0.3) is 5.56 Å². The molecule has 1 N–H and O–H groups in total. The number of aryl methyl sites for hydroxylation is 1. The van der Waals surface area contributed by atoms with E-state index in [1.165, 1.54) is 18.2 Å². The lowest BCUT2D eigenvalue weighted by Crippen LogP contribution is -2.36. The first-order valence-electron chi connectivity index (χ1n) is 9.46. The number of rotatable bonds is 4. The monoisotopic (exact) mass is 405 g/mol. The molecule has 2 fully saturated rings. The Labute approximate surface area is 170 Å². The fourth-order valence-electron chi connectivity index (χ4n) is 4.56. The predicted octanol–water partition coefficient (Wildman–Crippen LogP) is 2.53. The molecule has 3 heterocycles. The van der Waals surface area contributed by atoms with Crippen LogP contribution >= 0.6 is 12.4 Å². The quantitative estimate of drug-likeness (QED) is 0.850. The molecule has 0 radical (unpaired) electrons. The number of aromatic nitrogens is 1. The van der Waals surface area contributed by atoms with Gasteiger partial charge in [-0.2, -0.15) is 0 Å². The van der Waals surface area contributed by atoms with E-state index < -0.39 is 0 Å². The molecule has 1 aromatic carbocycles. The minimum atomic E-state index is -0.277. The minimum Gasteiger partial charge on any atom is -0.335 e. The van der Waals surface area contributed by atoms with Crippen LogP contribution in [0, 0.1) is 24.6 Å². The third kappa shape index (κ3) is 3.84.